The van der Waals surface area contributed by atoms with Gasteiger partial charge in [-0.3, -0.25) is 4.31 Å². The summed E-state index contributed by atoms with van der Waals surface area (Å²) in [6.45, 7) is 3.76. The van der Waals surface area contributed by atoms with Crippen LogP contribution in [0.4, 0.5) is 10.1 Å². The maximum absolute atomic E-state index is 13.3. The molecule has 0 aliphatic rings. The topological polar surface area (TPSA) is 37.4 Å². The number of nitrogens with zero attached hydrogens (tertiary/aromatic N) is 1. The highest BCUT2D eigenvalue weighted by Crippen LogP contribution is 2.31. The second-order valence-electron chi connectivity index (χ2n) is 4.45. The van der Waals surface area contributed by atoms with Crippen LogP contribution in [0, 0.1) is 12.7 Å². The van der Waals surface area contributed by atoms with Gasteiger partial charge in [-0.05, 0) is 43.7 Å². The molecule has 3 nitrogen and oxygen atoms in total. The highest BCUT2D eigenvalue weighted by Gasteiger charge is 2.26. The molecule has 0 spiro atoms. The summed E-state index contributed by atoms with van der Waals surface area (Å²) in [6, 6.07) is 7.17. The fourth-order valence-corrected chi connectivity index (χ4v) is 5.37. The predicted molar refractivity (Wildman–Crippen MR) is 85.2 cm³/mol. The van der Waals surface area contributed by atoms with Crippen molar-refractivity contribution in [2.75, 3.05) is 10.8 Å². The maximum Gasteiger partial charge on any atom is 0.273 e. The summed E-state index contributed by atoms with van der Waals surface area (Å²) < 4.78 is 40.2. The molecule has 1 heterocycles. The number of anilines is 1. The Morgan fingerprint density at radius 3 is 2.57 bits per heavy atom. The van der Waals surface area contributed by atoms with E-state index in [-0.39, 0.29) is 16.6 Å². The van der Waals surface area contributed by atoms with Gasteiger partial charge in [0.05, 0.1) is 11.6 Å². The van der Waals surface area contributed by atoms with E-state index in [4.69, 9.17) is 11.6 Å². The van der Waals surface area contributed by atoms with Crippen LogP contribution < -0.4 is 4.31 Å². The Balaban J connectivity index is 2.49. The zero-order chi connectivity index (χ0) is 15.6. The second kappa shape index (κ2) is 6.34. The van der Waals surface area contributed by atoms with Crippen molar-refractivity contribution in [3.63, 3.8) is 0 Å². The largest absolute Gasteiger partial charge is 0.273 e. The molecule has 0 saturated carbocycles. The normalized spacial score (nSPS) is 11.6. The molecule has 0 bridgehead atoms. The molecule has 0 unspecified atom stereocenters. The Bertz CT molecular complexity index is 743. The minimum absolute atomic E-state index is 0.221. The Labute approximate surface area is 133 Å². The summed E-state index contributed by atoms with van der Waals surface area (Å²) >= 11 is 6.95. The first-order chi connectivity index (χ1) is 9.90. The van der Waals surface area contributed by atoms with Crippen molar-refractivity contribution in [2.45, 2.75) is 23.9 Å². The van der Waals surface area contributed by atoms with Crippen LogP contribution >= 0.6 is 22.9 Å². The van der Waals surface area contributed by atoms with E-state index in [1.54, 1.807) is 19.1 Å². The molecule has 2 rings (SSSR count). The number of thiophene rings is 1. The third-order valence-electron chi connectivity index (χ3n) is 3.05. The number of hydrogen-bond acceptors (Lipinski definition) is 3. The van der Waals surface area contributed by atoms with Crippen LogP contribution in [-0.2, 0) is 15.9 Å². The molecule has 7 heteroatoms. The van der Waals surface area contributed by atoms with E-state index in [1.165, 1.54) is 22.5 Å². The van der Waals surface area contributed by atoms with Gasteiger partial charge in [0.15, 0.2) is 0 Å². The molecule has 0 N–H and O–H groups in total. The zero-order valence-electron chi connectivity index (χ0n) is 11.6. The number of sulfonamides is 1. The third kappa shape index (κ3) is 3.22. The van der Waals surface area contributed by atoms with E-state index in [0.717, 1.165) is 21.8 Å². The summed E-state index contributed by atoms with van der Waals surface area (Å²) in [5.41, 5.74) is 1.17. The summed E-state index contributed by atoms with van der Waals surface area (Å²) in [5.74, 6) is -0.192. The average Bonchev–Trinajstić information content (AvgIpc) is 2.81. The third-order valence-corrected chi connectivity index (χ3v) is 7.06. The lowest BCUT2D eigenvalue weighted by Gasteiger charge is -2.22. The number of halogens is 2. The van der Waals surface area contributed by atoms with Crippen molar-refractivity contribution in [1.82, 2.24) is 0 Å². The van der Waals surface area contributed by atoms with Crippen molar-refractivity contribution in [3.8, 4) is 0 Å². The molecule has 0 aliphatic heterocycles. The lowest BCUT2D eigenvalue weighted by molar-refractivity contribution is 0.593. The van der Waals surface area contributed by atoms with Crippen molar-refractivity contribution in [1.29, 1.82) is 0 Å². The van der Waals surface area contributed by atoms with Gasteiger partial charge < -0.3 is 0 Å². The standard InChI is InChI=1S/C14H15ClFNO2S2/c1-3-17(12-6-4-5-11(16)8-12)21(18,19)14-7-10(2)13(9-15)20-14/h4-8H,3,9H2,1-2H3. The van der Waals surface area contributed by atoms with Crippen LogP contribution in [-0.4, -0.2) is 15.0 Å². The number of aryl methyl sites for hydroxylation is 1. The van der Waals surface area contributed by atoms with Crippen LogP contribution in [0.25, 0.3) is 0 Å². The first-order valence-electron chi connectivity index (χ1n) is 6.33. The van der Waals surface area contributed by atoms with Crippen molar-refractivity contribution < 1.29 is 12.8 Å². The fourth-order valence-electron chi connectivity index (χ4n) is 1.98. The van der Waals surface area contributed by atoms with E-state index in [9.17, 15) is 12.8 Å². The Kier molecular flexibility index (Phi) is 4.91. The smallest absolute Gasteiger partial charge is 0.266 e. The van der Waals surface area contributed by atoms with E-state index in [0.29, 0.717) is 5.69 Å². The molecule has 0 radical (unpaired) electrons. The van der Waals surface area contributed by atoms with Crippen LogP contribution in [0.2, 0.25) is 0 Å². The van der Waals surface area contributed by atoms with Gasteiger partial charge in [-0.25, -0.2) is 12.8 Å². The lowest BCUT2D eigenvalue weighted by atomic mass is 10.3. The maximum atomic E-state index is 13.3. The average molecular weight is 348 g/mol. The quantitative estimate of drug-likeness (QED) is 0.762. The molecule has 1 aromatic carbocycles. The van der Waals surface area contributed by atoms with Crippen LogP contribution in [0.3, 0.4) is 0 Å². The molecule has 0 amide bonds. The van der Waals surface area contributed by atoms with Gasteiger partial charge in [-0.2, -0.15) is 0 Å². The molecule has 0 aliphatic carbocycles. The van der Waals surface area contributed by atoms with Crippen molar-refractivity contribution >= 4 is 38.6 Å². The van der Waals surface area contributed by atoms with Gasteiger partial charge in [0.1, 0.15) is 10.0 Å². The molecule has 0 saturated heterocycles. The molecule has 0 fully saturated rings. The van der Waals surface area contributed by atoms with Crippen LogP contribution in [0.15, 0.2) is 34.5 Å². The first-order valence-corrected chi connectivity index (χ1v) is 9.12. The molecular formula is C14H15ClFNO2S2. The Hall–Kier alpha value is -1.11. The summed E-state index contributed by atoms with van der Waals surface area (Å²) in [4.78, 5) is 0.825. The van der Waals surface area contributed by atoms with Gasteiger partial charge in [0.2, 0.25) is 0 Å². The van der Waals surface area contributed by atoms with Gasteiger partial charge >= 0.3 is 0 Å². The van der Waals surface area contributed by atoms with E-state index >= 15 is 0 Å². The highest BCUT2D eigenvalue weighted by molar-refractivity contribution is 7.94. The molecular weight excluding hydrogens is 333 g/mol. The minimum atomic E-state index is -3.71. The van der Waals surface area contributed by atoms with E-state index in [2.05, 4.69) is 0 Å². The predicted octanol–water partition coefficient (Wildman–Crippen LogP) is 4.15. The fraction of sp³-hybridized carbons (Fsp3) is 0.286. The second-order valence-corrected chi connectivity index (χ2v) is 7.95. The zero-order valence-corrected chi connectivity index (χ0v) is 14.0. The molecule has 1 aromatic heterocycles. The monoisotopic (exact) mass is 347 g/mol. The molecule has 2 aromatic rings. The SMILES string of the molecule is CCN(c1cccc(F)c1)S(=O)(=O)c1cc(C)c(CCl)s1. The molecule has 0 atom stereocenters. The van der Waals surface area contributed by atoms with Gasteiger partial charge in [-0.15, -0.1) is 22.9 Å². The Morgan fingerprint density at radius 2 is 2.05 bits per heavy atom. The molecule has 114 valence electrons. The molecule has 21 heavy (non-hydrogen) atoms. The number of hydrogen-bond donors (Lipinski definition) is 0. The Morgan fingerprint density at radius 1 is 1.33 bits per heavy atom. The summed E-state index contributed by atoms with van der Waals surface area (Å²) in [6.07, 6.45) is 0. The lowest BCUT2D eigenvalue weighted by Crippen LogP contribution is -2.30. The minimum Gasteiger partial charge on any atom is -0.266 e. The van der Waals surface area contributed by atoms with E-state index in [1.807, 2.05) is 6.92 Å². The summed E-state index contributed by atoms with van der Waals surface area (Å²) in [7, 11) is -3.71. The number of benzene rings is 1. The van der Waals surface area contributed by atoms with Gasteiger partial charge in [0.25, 0.3) is 10.0 Å². The van der Waals surface area contributed by atoms with Crippen molar-refractivity contribution in [3.05, 3.63) is 46.6 Å². The number of rotatable bonds is 5. The van der Waals surface area contributed by atoms with E-state index < -0.39 is 15.8 Å². The highest BCUT2D eigenvalue weighted by atomic mass is 35.5. The summed E-state index contributed by atoms with van der Waals surface area (Å²) in [5, 5.41) is 0. The first kappa shape index (κ1) is 16.3. The van der Waals surface area contributed by atoms with Crippen LogP contribution in [0.5, 0.6) is 0 Å². The number of alkyl halides is 1. The van der Waals surface area contributed by atoms with Gasteiger partial charge in [0, 0.05) is 11.4 Å². The van der Waals surface area contributed by atoms with Crippen molar-refractivity contribution in [2.24, 2.45) is 0 Å². The van der Waals surface area contributed by atoms with Gasteiger partial charge in [-0.1, -0.05) is 6.07 Å². The van der Waals surface area contributed by atoms with Crippen LogP contribution in [0.1, 0.15) is 17.4 Å².